The van der Waals surface area contributed by atoms with Gasteiger partial charge in [-0.15, -0.1) is 0 Å². The van der Waals surface area contributed by atoms with Gasteiger partial charge in [0.15, 0.2) is 0 Å². The average molecular weight is 254 g/mol. The van der Waals surface area contributed by atoms with Crippen LogP contribution in [0.3, 0.4) is 0 Å². The second-order valence-electron chi connectivity index (χ2n) is 5.50. The highest BCUT2D eigenvalue weighted by Crippen LogP contribution is 2.42. The summed E-state index contributed by atoms with van der Waals surface area (Å²) < 4.78 is 0. The van der Waals surface area contributed by atoms with Crippen LogP contribution < -0.4 is 0 Å². The lowest BCUT2D eigenvalue weighted by Gasteiger charge is -2.36. The van der Waals surface area contributed by atoms with E-state index in [2.05, 4.69) is 12.2 Å². The molecule has 0 spiro atoms. The van der Waals surface area contributed by atoms with E-state index in [1.54, 1.807) is 0 Å². The zero-order valence-corrected chi connectivity index (χ0v) is 11.2. The second kappa shape index (κ2) is 8.30. The third-order valence-corrected chi connectivity index (χ3v) is 4.04. The SMILES string of the molecule is O=C(O)CCC/C=C\CC1(CCO)CCCCC1. The van der Waals surface area contributed by atoms with Crippen molar-refractivity contribution in [2.24, 2.45) is 5.41 Å². The summed E-state index contributed by atoms with van der Waals surface area (Å²) >= 11 is 0. The Balaban J connectivity index is 2.28. The summed E-state index contributed by atoms with van der Waals surface area (Å²) in [5, 5.41) is 17.7. The molecule has 104 valence electrons. The Labute approximate surface area is 110 Å². The van der Waals surface area contributed by atoms with Crippen molar-refractivity contribution in [1.29, 1.82) is 0 Å². The zero-order valence-electron chi connectivity index (χ0n) is 11.2. The van der Waals surface area contributed by atoms with E-state index in [-0.39, 0.29) is 13.0 Å². The maximum atomic E-state index is 10.4. The highest BCUT2D eigenvalue weighted by molar-refractivity contribution is 5.66. The first-order valence-corrected chi connectivity index (χ1v) is 7.16. The zero-order chi connectivity index (χ0) is 13.3. The first-order valence-electron chi connectivity index (χ1n) is 7.16. The van der Waals surface area contributed by atoms with Gasteiger partial charge in [-0.25, -0.2) is 0 Å². The van der Waals surface area contributed by atoms with E-state index in [4.69, 9.17) is 5.11 Å². The second-order valence-corrected chi connectivity index (χ2v) is 5.50. The van der Waals surface area contributed by atoms with Crippen molar-refractivity contribution < 1.29 is 15.0 Å². The molecule has 1 aliphatic carbocycles. The maximum absolute atomic E-state index is 10.4. The maximum Gasteiger partial charge on any atom is 0.303 e. The lowest BCUT2D eigenvalue weighted by atomic mass is 9.70. The van der Waals surface area contributed by atoms with E-state index in [1.807, 2.05) is 0 Å². The average Bonchev–Trinajstić information content (AvgIpc) is 2.35. The van der Waals surface area contributed by atoms with Gasteiger partial charge in [0.1, 0.15) is 0 Å². The summed E-state index contributed by atoms with van der Waals surface area (Å²) in [6.45, 7) is 0.285. The van der Waals surface area contributed by atoms with Gasteiger partial charge in [-0.1, -0.05) is 31.4 Å². The Bertz CT molecular complexity index is 259. The van der Waals surface area contributed by atoms with Gasteiger partial charge in [-0.2, -0.15) is 0 Å². The van der Waals surface area contributed by atoms with Gasteiger partial charge in [0.25, 0.3) is 0 Å². The number of aliphatic hydroxyl groups is 1. The molecule has 2 N–H and O–H groups in total. The number of carboxylic acid groups (broad SMARTS) is 1. The molecular formula is C15H26O3. The summed E-state index contributed by atoms with van der Waals surface area (Å²) in [4.78, 5) is 10.4. The number of hydrogen-bond donors (Lipinski definition) is 2. The predicted octanol–water partition coefficient (Wildman–Crippen LogP) is 3.52. The molecule has 0 unspecified atom stereocenters. The fourth-order valence-corrected chi connectivity index (χ4v) is 2.92. The molecule has 0 amide bonds. The molecule has 3 heteroatoms. The first-order chi connectivity index (χ1) is 8.68. The van der Waals surface area contributed by atoms with Crippen molar-refractivity contribution in [1.82, 2.24) is 0 Å². The monoisotopic (exact) mass is 254 g/mol. The first kappa shape index (κ1) is 15.2. The van der Waals surface area contributed by atoms with Crippen LogP contribution in [0, 0.1) is 5.41 Å². The van der Waals surface area contributed by atoms with E-state index < -0.39 is 5.97 Å². The van der Waals surface area contributed by atoms with Gasteiger partial charge in [0.05, 0.1) is 0 Å². The number of rotatable bonds is 8. The number of unbranched alkanes of at least 4 members (excludes halogenated alkanes) is 1. The number of carbonyl (C=O) groups is 1. The van der Waals surface area contributed by atoms with E-state index in [1.165, 1.54) is 32.1 Å². The minimum Gasteiger partial charge on any atom is -0.481 e. The summed E-state index contributed by atoms with van der Waals surface area (Å²) in [7, 11) is 0. The summed E-state index contributed by atoms with van der Waals surface area (Å²) in [6, 6.07) is 0. The molecule has 0 radical (unpaired) electrons. The fraction of sp³-hybridized carbons (Fsp3) is 0.800. The number of aliphatic hydroxyl groups excluding tert-OH is 1. The van der Waals surface area contributed by atoms with Crippen LogP contribution in [0.4, 0.5) is 0 Å². The van der Waals surface area contributed by atoms with Crippen LogP contribution in [0.25, 0.3) is 0 Å². The molecule has 1 saturated carbocycles. The molecule has 0 atom stereocenters. The number of carboxylic acids is 1. The Morgan fingerprint density at radius 3 is 2.50 bits per heavy atom. The van der Waals surface area contributed by atoms with Crippen molar-refractivity contribution in [2.45, 2.75) is 64.2 Å². The lowest BCUT2D eigenvalue weighted by molar-refractivity contribution is -0.137. The molecule has 0 heterocycles. The Hall–Kier alpha value is -0.830. The van der Waals surface area contributed by atoms with Crippen LogP contribution in [-0.2, 0) is 4.79 Å². The largest absolute Gasteiger partial charge is 0.481 e. The molecule has 1 aliphatic rings. The van der Waals surface area contributed by atoms with Crippen LogP contribution in [0.1, 0.15) is 64.2 Å². The van der Waals surface area contributed by atoms with Crippen molar-refractivity contribution in [3.05, 3.63) is 12.2 Å². The summed E-state index contributed by atoms with van der Waals surface area (Å²) in [5.41, 5.74) is 0.316. The summed E-state index contributed by atoms with van der Waals surface area (Å²) in [5.74, 6) is -0.715. The third-order valence-electron chi connectivity index (χ3n) is 4.04. The molecule has 0 saturated heterocycles. The highest BCUT2D eigenvalue weighted by Gasteiger charge is 2.29. The van der Waals surface area contributed by atoms with E-state index in [0.717, 1.165) is 25.7 Å². The fourth-order valence-electron chi connectivity index (χ4n) is 2.92. The predicted molar refractivity (Wildman–Crippen MR) is 72.5 cm³/mol. The number of hydrogen-bond acceptors (Lipinski definition) is 2. The van der Waals surface area contributed by atoms with Crippen molar-refractivity contribution in [3.8, 4) is 0 Å². The van der Waals surface area contributed by atoms with Crippen LogP contribution in [0.15, 0.2) is 12.2 Å². The van der Waals surface area contributed by atoms with Crippen LogP contribution in [0.2, 0.25) is 0 Å². The van der Waals surface area contributed by atoms with Gasteiger partial charge in [0.2, 0.25) is 0 Å². The number of allylic oxidation sites excluding steroid dienone is 2. The molecule has 0 aromatic rings. The smallest absolute Gasteiger partial charge is 0.303 e. The van der Waals surface area contributed by atoms with Gasteiger partial charge in [-0.05, 0) is 43.9 Å². The molecule has 0 aromatic heterocycles. The van der Waals surface area contributed by atoms with E-state index in [0.29, 0.717) is 5.41 Å². The Morgan fingerprint density at radius 2 is 1.89 bits per heavy atom. The Morgan fingerprint density at radius 1 is 1.17 bits per heavy atom. The van der Waals surface area contributed by atoms with Gasteiger partial charge >= 0.3 is 5.97 Å². The van der Waals surface area contributed by atoms with E-state index in [9.17, 15) is 9.90 Å². The van der Waals surface area contributed by atoms with Crippen LogP contribution >= 0.6 is 0 Å². The van der Waals surface area contributed by atoms with Crippen LogP contribution in [0.5, 0.6) is 0 Å². The normalized spacial score (nSPS) is 19.2. The van der Waals surface area contributed by atoms with Gasteiger partial charge in [-0.3, -0.25) is 4.79 Å². The van der Waals surface area contributed by atoms with Gasteiger partial charge in [0, 0.05) is 13.0 Å². The molecule has 1 rings (SSSR count). The standard InChI is InChI=1S/C15H26O3/c16-13-12-15(10-6-3-7-11-15)9-5-2-1-4-8-14(17)18/h2,5,16H,1,3-4,6-13H2,(H,17,18)/b5-2-. The van der Waals surface area contributed by atoms with Crippen molar-refractivity contribution >= 4 is 5.97 Å². The molecule has 3 nitrogen and oxygen atoms in total. The molecular weight excluding hydrogens is 228 g/mol. The topological polar surface area (TPSA) is 57.5 Å². The van der Waals surface area contributed by atoms with Gasteiger partial charge < -0.3 is 10.2 Å². The lowest BCUT2D eigenvalue weighted by Crippen LogP contribution is -2.24. The molecule has 0 bridgehead atoms. The van der Waals surface area contributed by atoms with Crippen molar-refractivity contribution in [2.75, 3.05) is 6.61 Å². The molecule has 1 fully saturated rings. The third kappa shape index (κ3) is 5.67. The summed E-state index contributed by atoms with van der Waals surface area (Å²) in [6.07, 6.45) is 14.4. The molecule has 0 aromatic carbocycles. The quantitative estimate of drug-likeness (QED) is 0.514. The Kier molecular flexibility index (Phi) is 7.02. The number of aliphatic carboxylic acids is 1. The minimum atomic E-state index is -0.715. The highest BCUT2D eigenvalue weighted by atomic mass is 16.4. The minimum absolute atomic E-state index is 0.256. The molecule has 0 aliphatic heterocycles. The van der Waals surface area contributed by atoms with Crippen molar-refractivity contribution in [3.63, 3.8) is 0 Å². The van der Waals surface area contributed by atoms with Crippen LogP contribution in [-0.4, -0.2) is 22.8 Å². The van der Waals surface area contributed by atoms with E-state index >= 15 is 0 Å². The molecule has 18 heavy (non-hydrogen) atoms.